The van der Waals surface area contributed by atoms with E-state index in [-0.39, 0.29) is 41.8 Å². The Labute approximate surface area is 199 Å². The fourth-order valence-electron chi connectivity index (χ4n) is 4.71. The summed E-state index contributed by atoms with van der Waals surface area (Å²) in [7, 11) is -3.68. The molecule has 33 heavy (non-hydrogen) atoms. The third-order valence-electron chi connectivity index (χ3n) is 6.45. The van der Waals surface area contributed by atoms with Gasteiger partial charge >= 0.3 is 0 Å². The highest BCUT2D eigenvalue weighted by atomic mass is 35.5. The average molecular weight is 490 g/mol. The first-order valence-corrected chi connectivity index (χ1v) is 12.9. The Kier molecular flexibility index (Phi) is 6.53. The highest BCUT2D eigenvalue weighted by Crippen LogP contribution is 2.35. The number of nitrogens with one attached hydrogen (secondary N) is 1. The molecule has 2 amide bonds. The number of anilines is 2. The Morgan fingerprint density at radius 1 is 1.09 bits per heavy atom. The number of benzene rings is 2. The largest absolute Gasteiger partial charge is 0.325 e. The normalized spacial score (nSPS) is 19.4. The van der Waals surface area contributed by atoms with Gasteiger partial charge in [0.25, 0.3) is 0 Å². The van der Waals surface area contributed by atoms with Gasteiger partial charge in [0.05, 0.1) is 15.6 Å². The topological polar surface area (TPSA) is 86.8 Å². The molecule has 0 radical (unpaired) electrons. The van der Waals surface area contributed by atoms with E-state index in [2.05, 4.69) is 5.32 Å². The molecule has 0 aliphatic carbocycles. The first-order chi connectivity index (χ1) is 15.6. The number of carbonyl (C=O) groups excluding carboxylic acids is 2. The fraction of sp³-hybridized carbons (Fsp3) is 0.417. The van der Waals surface area contributed by atoms with Crippen molar-refractivity contribution in [1.82, 2.24) is 4.31 Å². The zero-order valence-corrected chi connectivity index (χ0v) is 20.5. The second kappa shape index (κ2) is 9.08. The Bertz CT molecular complexity index is 1210. The summed E-state index contributed by atoms with van der Waals surface area (Å²) in [4.78, 5) is 26.6. The molecule has 1 atom stereocenters. The summed E-state index contributed by atoms with van der Waals surface area (Å²) in [5, 5.41) is 3.35. The summed E-state index contributed by atoms with van der Waals surface area (Å²) in [6.45, 7) is 5.94. The van der Waals surface area contributed by atoms with Gasteiger partial charge < -0.3 is 10.2 Å². The minimum atomic E-state index is -3.68. The molecular weight excluding hydrogens is 462 g/mol. The Morgan fingerprint density at radius 2 is 1.79 bits per heavy atom. The van der Waals surface area contributed by atoms with Crippen molar-refractivity contribution >= 4 is 44.8 Å². The van der Waals surface area contributed by atoms with Crippen LogP contribution in [0.5, 0.6) is 0 Å². The van der Waals surface area contributed by atoms with Gasteiger partial charge in [0, 0.05) is 37.7 Å². The first-order valence-electron chi connectivity index (χ1n) is 11.1. The van der Waals surface area contributed by atoms with E-state index in [1.54, 1.807) is 35.2 Å². The van der Waals surface area contributed by atoms with Gasteiger partial charge in [-0.1, -0.05) is 17.7 Å². The molecule has 176 valence electrons. The van der Waals surface area contributed by atoms with E-state index in [0.29, 0.717) is 30.0 Å². The van der Waals surface area contributed by atoms with Crippen molar-refractivity contribution < 1.29 is 18.0 Å². The van der Waals surface area contributed by atoms with Crippen molar-refractivity contribution in [1.29, 1.82) is 0 Å². The smallest absolute Gasteiger partial charge is 0.243 e. The maximum Gasteiger partial charge on any atom is 0.243 e. The molecule has 0 bridgehead atoms. The number of halogens is 1. The quantitative estimate of drug-likeness (QED) is 0.703. The van der Waals surface area contributed by atoms with E-state index >= 15 is 0 Å². The van der Waals surface area contributed by atoms with Crippen LogP contribution in [0.1, 0.15) is 37.8 Å². The summed E-state index contributed by atoms with van der Waals surface area (Å²) >= 11 is 6.21. The van der Waals surface area contributed by atoms with Crippen LogP contribution in [-0.2, 0) is 26.0 Å². The van der Waals surface area contributed by atoms with Crippen molar-refractivity contribution in [2.45, 2.75) is 51.0 Å². The molecule has 9 heteroatoms. The van der Waals surface area contributed by atoms with E-state index in [0.717, 1.165) is 16.8 Å². The van der Waals surface area contributed by atoms with Crippen molar-refractivity contribution in [3.8, 4) is 0 Å². The second-order valence-electron chi connectivity index (χ2n) is 8.88. The lowest BCUT2D eigenvalue weighted by Gasteiger charge is -2.30. The highest BCUT2D eigenvalue weighted by Gasteiger charge is 2.34. The highest BCUT2D eigenvalue weighted by molar-refractivity contribution is 7.89. The number of piperidine rings is 1. The summed E-state index contributed by atoms with van der Waals surface area (Å²) in [5.41, 5.74) is 3.21. The van der Waals surface area contributed by atoms with Gasteiger partial charge in [0.1, 0.15) is 0 Å². The number of nitrogens with zero attached hydrogens (tertiary/aromatic N) is 2. The Balaban J connectivity index is 1.43. The second-order valence-corrected chi connectivity index (χ2v) is 11.2. The lowest BCUT2D eigenvalue weighted by molar-refractivity contribution is -0.121. The zero-order valence-electron chi connectivity index (χ0n) is 19.0. The Morgan fingerprint density at radius 3 is 2.42 bits per heavy atom. The monoisotopic (exact) mass is 489 g/mol. The van der Waals surface area contributed by atoms with Crippen molar-refractivity contribution in [3.05, 3.63) is 52.5 Å². The number of hydrogen-bond acceptors (Lipinski definition) is 4. The van der Waals surface area contributed by atoms with E-state index in [4.69, 9.17) is 11.6 Å². The average Bonchev–Trinajstić information content (AvgIpc) is 3.10. The third-order valence-corrected chi connectivity index (χ3v) is 8.66. The molecule has 0 saturated carbocycles. The van der Waals surface area contributed by atoms with Crippen molar-refractivity contribution in [3.63, 3.8) is 0 Å². The molecule has 2 aliphatic rings. The van der Waals surface area contributed by atoms with Crippen LogP contribution in [0, 0.1) is 12.8 Å². The van der Waals surface area contributed by atoms with Crippen LogP contribution in [0.3, 0.4) is 0 Å². The number of sulfonamides is 1. The zero-order chi connectivity index (χ0) is 23.9. The van der Waals surface area contributed by atoms with Crippen molar-refractivity contribution in [2.24, 2.45) is 5.92 Å². The predicted molar refractivity (Wildman–Crippen MR) is 129 cm³/mol. The summed E-state index contributed by atoms with van der Waals surface area (Å²) in [6.07, 6.45) is 1.51. The van der Waals surface area contributed by atoms with Crippen LogP contribution in [-0.4, -0.2) is 43.7 Å². The first kappa shape index (κ1) is 23.7. The van der Waals surface area contributed by atoms with Crippen LogP contribution in [0.4, 0.5) is 11.4 Å². The molecule has 1 fully saturated rings. The summed E-state index contributed by atoms with van der Waals surface area (Å²) in [6, 6.07) is 10.4. The number of hydrogen-bond donors (Lipinski definition) is 1. The van der Waals surface area contributed by atoms with Gasteiger partial charge in [0.2, 0.25) is 21.8 Å². The molecule has 4 rings (SSSR count). The maximum absolute atomic E-state index is 13.3. The third kappa shape index (κ3) is 4.65. The molecule has 0 unspecified atom stereocenters. The number of rotatable bonds is 4. The van der Waals surface area contributed by atoms with Gasteiger partial charge in [-0.3, -0.25) is 9.59 Å². The molecule has 0 spiro atoms. The molecule has 2 aromatic carbocycles. The number of carbonyl (C=O) groups is 2. The number of aryl methyl sites for hydroxylation is 1. The maximum atomic E-state index is 13.3. The summed E-state index contributed by atoms with van der Waals surface area (Å²) < 4.78 is 28.0. The number of fused-ring (bicyclic) bond motifs is 1. The fourth-order valence-corrected chi connectivity index (χ4v) is 6.51. The van der Waals surface area contributed by atoms with Crippen molar-refractivity contribution in [2.75, 3.05) is 23.3 Å². The molecule has 1 N–H and O–H groups in total. The van der Waals surface area contributed by atoms with Crippen LogP contribution in [0.15, 0.2) is 41.3 Å². The van der Waals surface area contributed by atoms with E-state index in [1.165, 1.54) is 11.2 Å². The molecule has 1 saturated heterocycles. The molecule has 2 aliphatic heterocycles. The molecular formula is C24H28ClN3O4S. The van der Waals surface area contributed by atoms with Gasteiger partial charge in [0.15, 0.2) is 0 Å². The lowest BCUT2D eigenvalue weighted by atomic mass is 9.97. The minimum absolute atomic E-state index is 0.00624. The van der Waals surface area contributed by atoms with Crippen LogP contribution in [0.2, 0.25) is 5.02 Å². The summed E-state index contributed by atoms with van der Waals surface area (Å²) in [5.74, 6) is -0.475. The molecule has 2 aromatic rings. The van der Waals surface area contributed by atoms with Gasteiger partial charge in [-0.05, 0) is 74.6 Å². The van der Waals surface area contributed by atoms with Crippen LogP contribution in [0.25, 0.3) is 0 Å². The predicted octanol–water partition coefficient (Wildman–Crippen LogP) is 3.99. The van der Waals surface area contributed by atoms with Crippen LogP contribution < -0.4 is 10.2 Å². The molecule has 2 heterocycles. The van der Waals surface area contributed by atoms with Crippen LogP contribution >= 0.6 is 11.6 Å². The van der Waals surface area contributed by atoms with E-state index in [1.807, 2.05) is 19.9 Å². The SMILES string of the molecule is CC(=O)N1c2ccc(S(=O)(=O)N3CCC(C(=O)Nc4ccc(C)cc4Cl)CC3)cc2C[C@@H]1C. The lowest BCUT2D eigenvalue weighted by Crippen LogP contribution is -2.41. The van der Waals surface area contributed by atoms with Gasteiger partial charge in [-0.15, -0.1) is 0 Å². The number of amides is 2. The standard InChI is InChI=1S/C24H28ClN3O4S/c1-15-4-6-22(21(25)12-15)26-24(30)18-8-10-27(11-9-18)33(31,32)20-5-7-23-19(14-20)13-16(2)28(23)17(3)29/h4-7,12,14,16,18H,8-11,13H2,1-3H3,(H,26,30)/t16-/m0/s1. The molecule has 0 aromatic heterocycles. The molecule has 7 nitrogen and oxygen atoms in total. The van der Waals surface area contributed by atoms with E-state index < -0.39 is 10.0 Å². The van der Waals surface area contributed by atoms with Gasteiger partial charge in [-0.25, -0.2) is 8.42 Å². The van der Waals surface area contributed by atoms with Gasteiger partial charge in [-0.2, -0.15) is 4.31 Å². The Hall–Kier alpha value is -2.42. The van der Waals surface area contributed by atoms with E-state index in [9.17, 15) is 18.0 Å². The minimum Gasteiger partial charge on any atom is -0.325 e.